The van der Waals surface area contributed by atoms with E-state index in [1.54, 1.807) is 29.2 Å². The second kappa shape index (κ2) is 7.75. The molecule has 4 rings (SSSR count). The number of aliphatic hydroxyl groups is 1. The van der Waals surface area contributed by atoms with Crippen LogP contribution in [-0.4, -0.2) is 72.5 Å². The lowest BCUT2D eigenvalue weighted by Gasteiger charge is -2.32. The molecule has 3 aliphatic rings. The number of fused-ring (bicyclic) bond motifs is 1. The van der Waals surface area contributed by atoms with Gasteiger partial charge in [-0.15, -0.1) is 0 Å². The molecule has 27 heavy (non-hydrogen) atoms. The molecule has 1 aromatic rings. The summed E-state index contributed by atoms with van der Waals surface area (Å²) >= 11 is 5.87. The number of amides is 2. The van der Waals surface area contributed by atoms with Gasteiger partial charge in [-0.05, 0) is 37.1 Å². The first-order valence-electron chi connectivity index (χ1n) is 9.29. The summed E-state index contributed by atoms with van der Waals surface area (Å²) in [6, 6.07) is 6.61. The molecule has 3 aliphatic heterocycles. The van der Waals surface area contributed by atoms with Crippen molar-refractivity contribution in [1.29, 1.82) is 0 Å². The standard InChI is InChI=1S/C19H23ClN2O5/c20-13-3-1-12(2-4-13)19(25)22-7-5-11(6-8-22)18(24)21-14-9-26-17-15(23)10-27-16(14)17/h1-4,11,14-17,23H,5-10H2,(H,21,24)/t14-,15-,16-,17-/m1/s1. The van der Waals surface area contributed by atoms with Gasteiger partial charge in [0, 0.05) is 29.6 Å². The van der Waals surface area contributed by atoms with E-state index in [2.05, 4.69) is 5.32 Å². The maximum atomic E-state index is 12.6. The van der Waals surface area contributed by atoms with Crippen molar-refractivity contribution in [1.82, 2.24) is 10.2 Å². The molecule has 0 spiro atoms. The van der Waals surface area contributed by atoms with Crippen molar-refractivity contribution in [3.8, 4) is 0 Å². The minimum Gasteiger partial charge on any atom is -0.388 e. The van der Waals surface area contributed by atoms with Gasteiger partial charge in [-0.2, -0.15) is 0 Å². The molecular formula is C19H23ClN2O5. The maximum absolute atomic E-state index is 12.6. The van der Waals surface area contributed by atoms with Crippen molar-refractivity contribution < 1.29 is 24.2 Å². The van der Waals surface area contributed by atoms with Gasteiger partial charge in [-0.25, -0.2) is 0 Å². The lowest BCUT2D eigenvalue weighted by atomic mass is 9.94. The fraction of sp³-hybridized carbons (Fsp3) is 0.579. The Bertz CT molecular complexity index is 705. The lowest BCUT2D eigenvalue weighted by Crippen LogP contribution is -2.49. The molecule has 7 nitrogen and oxygen atoms in total. The predicted octanol–water partition coefficient (Wildman–Crippen LogP) is 0.835. The molecule has 0 aliphatic carbocycles. The SMILES string of the molecule is O=C(N[C@@H]1CO[C@H]2[C@@H]1OC[C@H]2O)C1CCN(C(=O)c2ccc(Cl)cc2)CC1. The molecule has 1 aromatic carbocycles. The first-order chi connectivity index (χ1) is 13.0. The van der Waals surface area contributed by atoms with Crippen LogP contribution in [0.15, 0.2) is 24.3 Å². The molecule has 4 atom stereocenters. The number of halogens is 1. The molecule has 0 bridgehead atoms. The van der Waals surface area contributed by atoms with Gasteiger partial charge in [0.25, 0.3) is 5.91 Å². The average molecular weight is 395 g/mol. The van der Waals surface area contributed by atoms with E-state index in [9.17, 15) is 14.7 Å². The zero-order chi connectivity index (χ0) is 19.0. The number of benzene rings is 1. The van der Waals surface area contributed by atoms with E-state index < -0.39 is 6.10 Å². The fourth-order valence-corrected chi connectivity index (χ4v) is 4.15. The highest BCUT2D eigenvalue weighted by Crippen LogP contribution is 2.28. The minimum absolute atomic E-state index is 0.0344. The van der Waals surface area contributed by atoms with Crippen LogP contribution in [0.3, 0.4) is 0 Å². The molecule has 0 unspecified atom stereocenters. The van der Waals surface area contributed by atoms with Gasteiger partial charge < -0.3 is 24.8 Å². The summed E-state index contributed by atoms with van der Waals surface area (Å²) in [5.74, 6) is -0.205. The molecule has 8 heteroatoms. The van der Waals surface area contributed by atoms with E-state index in [1.807, 2.05) is 0 Å². The highest BCUT2D eigenvalue weighted by molar-refractivity contribution is 6.30. The quantitative estimate of drug-likeness (QED) is 0.793. The number of nitrogens with one attached hydrogen (secondary N) is 1. The van der Waals surface area contributed by atoms with Gasteiger partial charge in [0.05, 0.1) is 19.3 Å². The molecule has 3 heterocycles. The summed E-state index contributed by atoms with van der Waals surface area (Å²) in [6.45, 7) is 1.68. The normalized spacial score (nSPS) is 31.0. The van der Waals surface area contributed by atoms with Gasteiger partial charge in [-0.3, -0.25) is 9.59 Å². The van der Waals surface area contributed by atoms with Gasteiger partial charge in [0.2, 0.25) is 5.91 Å². The monoisotopic (exact) mass is 394 g/mol. The van der Waals surface area contributed by atoms with E-state index in [1.165, 1.54) is 0 Å². The number of hydrogen-bond acceptors (Lipinski definition) is 5. The molecule has 2 N–H and O–H groups in total. The number of carbonyl (C=O) groups is 2. The third-order valence-electron chi connectivity index (χ3n) is 5.60. The summed E-state index contributed by atoms with van der Waals surface area (Å²) in [5.41, 5.74) is 0.605. The van der Waals surface area contributed by atoms with Gasteiger partial charge in [0.15, 0.2) is 0 Å². The summed E-state index contributed by atoms with van der Waals surface area (Å²) < 4.78 is 11.1. The first-order valence-corrected chi connectivity index (χ1v) is 9.67. The highest BCUT2D eigenvalue weighted by Gasteiger charge is 2.48. The fourth-order valence-electron chi connectivity index (χ4n) is 4.02. The molecule has 146 valence electrons. The summed E-state index contributed by atoms with van der Waals surface area (Å²) in [7, 11) is 0. The number of ether oxygens (including phenoxy) is 2. The van der Waals surface area contributed by atoms with E-state index in [0.717, 1.165) is 0 Å². The Morgan fingerprint density at radius 2 is 1.74 bits per heavy atom. The highest BCUT2D eigenvalue weighted by atomic mass is 35.5. The Labute approximate surface area is 162 Å². The molecule has 3 fully saturated rings. The van der Waals surface area contributed by atoms with Crippen LogP contribution in [0, 0.1) is 5.92 Å². The largest absolute Gasteiger partial charge is 0.388 e. The number of piperidine rings is 1. The van der Waals surface area contributed by atoms with Crippen LogP contribution >= 0.6 is 11.6 Å². The van der Waals surface area contributed by atoms with Gasteiger partial charge in [0.1, 0.15) is 18.3 Å². The van der Waals surface area contributed by atoms with Crippen LogP contribution < -0.4 is 5.32 Å². The molecular weight excluding hydrogens is 372 g/mol. The van der Waals surface area contributed by atoms with Crippen LogP contribution in [0.4, 0.5) is 0 Å². The van der Waals surface area contributed by atoms with Crippen molar-refractivity contribution in [2.45, 2.75) is 37.2 Å². The van der Waals surface area contributed by atoms with Crippen LogP contribution in [0.2, 0.25) is 5.02 Å². The van der Waals surface area contributed by atoms with Gasteiger partial charge >= 0.3 is 0 Å². The van der Waals surface area contributed by atoms with Crippen molar-refractivity contribution >= 4 is 23.4 Å². The number of likely N-dealkylation sites (tertiary alicyclic amines) is 1. The summed E-state index contributed by atoms with van der Waals surface area (Å²) in [5, 5.41) is 13.4. The van der Waals surface area contributed by atoms with Crippen LogP contribution in [0.5, 0.6) is 0 Å². The number of hydrogen-bond donors (Lipinski definition) is 2. The van der Waals surface area contributed by atoms with E-state index in [0.29, 0.717) is 43.1 Å². The van der Waals surface area contributed by atoms with Crippen molar-refractivity contribution in [3.05, 3.63) is 34.9 Å². The molecule has 3 saturated heterocycles. The molecule has 0 radical (unpaired) electrons. The zero-order valence-corrected chi connectivity index (χ0v) is 15.6. The number of rotatable bonds is 3. The van der Waals surface area contributed by atoms with Crippen molar-refractivity contribution in [3.63, 3.8) is 0 Å². The topological polar surface area (TPSA) is 88.1 Å². The average Bonchev–Trinajstić information content (AvgIpc) is 3.25. The molecule has 0 saturated carbocycles. The summed E-state index contributed by atoms with van der Waals surface area (Å²) in [4.78, 5) is 26.9. The van der Waals surface area contributed by atoms with E-state index >= 15 is 0 Å². The lowest BCUT2D eigenvalue weighted by molar-refractivity contribution is -0.127. The maximum Gasteiger partial charge on any atom is 0.253 e. The zero-order valence-electron chi connectivity index (χ0n) is 14.8. The third kappa shape index (κ3) is 3.82. The summed E-state index contributed by atoms with van der Waals surface area (Å²) in [6.07, 6.45) is -0.0178. The minimum atomic E-state index is -0.626. The number of aliphatic hydroxyl groups excluding tert-OH is 1. The van der Waals surface area contributed by atoms with Crippen molar-refractivity contribution in [2.75, 3.05) is 26.3 Å². The van der Waals surface area contributed by atoms with Crippen molar-refractivity contribution in [2.24, 2.45) is 5.92 Å². The van der Waals surface area contributed by atoms with E-state index in [-0.39, 0.29) is 42.6 Å². The Morgan fingerprint density at radius 3 is 2.44 bits per heavy atom. The molecule has 2 amide bonds. The predicted molar refractivity (Wildman–Crippen MR) is 97.5 cm³/mol. The second-order valence-electron chi connectivity index (χ2n) is 7.35. The Morgan fingerprint density at radius 1 is 1.07 bits per heavy atom. The first kappa shape index (κ1) is 18.7. The Hall–Kier alpha value is -1.67. The third-order valence-corrected chi connectivity index (χ3v) is 5.85. The number of carbonyl (C=O) groups excluding carboxylic acids is 2. The number of nitrogens with zero attached hydrogens (tertiary/aromatic N) is 1. The smallest absolute Gasteiger partial charge is 0.253 e. The Balaban J connectivity index is 1.28. The van der Waals surface area contributed by atoms with Gasteiger partial charge in [-0.1, -0.05) is 11.6 Å². The second-order valence-corrected chi connectivity index (χ2v) is 7.79. The molecule has 0 aromatic heterocycles. The Kier molecular flexibility index (Phi) is 5.36. The van der Waals surface area contributed by atoms with Crippen LogP contribution in [0.1, 0.15) is 23.2 Å². The van der Waals surface area contributed by atoms with Crippen LogP contribution in [-0.2, 0) is 14.3 Å². The van der Waals surface area contributed by atoms with E-state index in [4.69, 9.17) is 21.1 Å². The van der Waals surface area contributed by atoms with Crippen LogP contribution in [0.25, 0.3) is 0 Å².